The van der Waals surface area contributed by atoms with E-state index in [4.69, 9.17) is 0 Å². The number of nitrogens with zero attached hydrogens (tertiary/aromatic N) is 2. The van der Waals surface area contributed by atoms with Crippen LogP contribution in [0.4, 0.5) is 5.69 Å². The molecule has 0 saturated carbocycles. The number of fused-ring (bicyclic) bond motifs is 1. The number of benzene rings is 2. The maximum absolute atomic E-state index is 13.2. The zero-order valence-electron chi connectivity index (χ0n) is 15.2. The highest BCUT2D eigenvalue weighted by molar-refractivity contribution is 6.17. The number of para-hydroxylation sites is 1. The Morgan fingerprint density at radius 2 is 1.64 bits per heavy atom. The van der Waals surface area contributed by atoms with Gasteiger partial charge in [-0.05, 0) is 38.5 Å². The van der Waals surface area contributed by atoms with E-state index in [0.717, 1.165) is 5.56 Å². The van der Waals surface area contributed by atoms with Gasteiger partial charge in [0.05, 0.1) is 5.69 Å². The molecule has 0 saturated heterocycles. The van der Waals surface area contributed by atoms with E-state index in [0.29, 0.717) is 17.8 Å². The van der Waals surface area contributed by atoms with Crippen LogP contribution >= 0.6 is 0 Å². The molecule has 3 rings (SSSR count). The zero-order chi connectivity index (χ0) is 18.2. The molecule has 0 aliphatic carbocycles. The van der Waals surface area contributed by atoms with Crippen molar-refractivity contribution in [2.45, 2.75) is 45.9 Å². The second-order valence-electron chi connectivity index (χ2n) is 7.43. The second kappa shape index (κ2) is 6.45. The first-order valence-electron chi connectivity index (χ1n) is 8.54. The van der Waals surface area contributed by atoms with Gasteiger partial charge in [0.2, 0.25) is 11.7 Å². The summed E-state index contributed by atoms with van der Waals surface area (Å²) in [6.07, 6.45) is -0.616. The van der Waals surface area contributed by atoms with E-state index in [2.05, 4.69) is 25.7 Å². The molecule has 0 unspecified atom stereocenters. The van der Waals surface area contributed by atoms with E-state index in [1.54, 1.807) is 11.0 Å². The highest BCUT2D eigenvalue weighted by Crippen LogP contribution is 2.36. The number of anilines is 1. The third-order valence-corrected chi connectivity index (χ3v) is 4.60. The molecular weight excluding hydrogens is 312 g/mol. The number of carbonyl (C=O) groups is 2. The molecule has 130 valence electrons. The fraction of sp³-hybridized carbons (Fsp3) is 0.333. The fourth-order valence-electron chi connectivity index (χ4n) is 3.37. The van der Waals surface area contributed by atoms with E-state index in [-0.39, 0.29) is 17.2 Å². The smallest absolute Gasteiger partial charge is 0.225 e. The fourth-order valence-corrected chi connectivity index (χ4v) is 3.37. The van der Waals surface area contributed by atoms with Gasteiger partial charge in [-0.3, -0.25) is 19.4 Å². The van der Waals surface area contributed by atoms with Crippen molar-refractivity contribution in [1.82, 2.24) is 4.90 Å². The lowest BCUT2D eigenvalue weighted by Crippen LogP contribution is -2.57. The van der Waals surface area contributed by atoms with E-state index >= 15 is 0 Å². The number of carbonyl (C=O) groups excluding carboxylic acids is 2. The molecule has 1 atom stereocenters. The van der Waals surface area contributed by atoms with E-state index < -0.39 is 6.17 Å². The molecule has 4 heteroatoms. The molecule has 1 amide bonds. The lowest BCUT2D eigenvalue weighted by molar-refractivity contribution is -0.117. The molecule has 0 fully saturated rings. The summed E-state index contributed by atoms with van der Waals surface area (Å²) in [6.45, 7) is 8.34. The summed E-state index contributed by atoms with van der Waals surface area (Å²) >= 11 is 0. The number of hydrogen-bond acceptors (Lipinski definition) is 3. The maximum Gasteiger partial charge on any atom is 0.225 e. The third-order valence-electron chi connectivity index (χ3n) is 4.60. The van der Waals surface area contributed by atoms with Crippen LogP contribution in [0.25, 0.3) is 0 Å². The van der Waals surface area contributed by atoms with Crippen molar-refractivity contribution in [1.29, 1.82) is 0 Å². The Morgan fingerprint density at radius 3 is 2.24 bits per heavy atom. The van der Waals surface area contributed by atoms with Gasteiger partial charge < -0.3 is 0 Å². The van der Waals surface area contributed by atoms with Gasteiger partial charge in [-0.25, -0.2) is 0 Å². The van der Waals surface area contributed by atoms with Crippen LogP contribution in [0, 0.1) is 0 Å². The molecule has 0 spiro atoms. The van der Waals surface area contributed by atoms with Crippen molar-refractivity contribution in [2.24, 2.45) is 0 Å². The Balaban J connectivity index is 2.06. The van der Waals surface area contributed by atoms with Crippen LogP contribution in [0.3, 0.4) is 0 Å². The van der Waals surface area contributed by atoms with Gasteiger partial charge in [-0.15, -0.1) is 0 Å². The molecule has 1 aliphatic heterocycles. The van der Waals surface area contributed by atoms with Crippen molar-refractivity contribution in [3.63, 3.8) is 0 Å². The Labute approximate surface area is 149 Å². The van der Waals surface area contributed by atoms with Gasteiger partial charge in [-0.1, -0.05) is 42.5 Å². The molecule has 25 heavy (non-hydrogen) atoms. The summed E-state index contributed by atoms with van der Waals surface area (Å²) in [6, 6.07) is 17.4. The first kappa shape index (κ1) is 17.4. The Kier molecular flexibility index (Phi) is 4.48. The molecule has 2 aromatic rings. The van der Waals surface area contributed by atoms with E-state index in [1.165, 1.54) is 6.92 Å². The van der Waals surface area contributed by atoms with Crippen molar-refractivity contribution >= 4 is 17.4 Å². The number of ketones is 1. The van der Waals surface area contributed by atoms with Gasteiger partial charge in [0.25, 0.3) is 0 Å². The highest BCUT2D eigenvalue weighted by Gasteiger charge is 2.45. The molecule has 0 bridgehead atoms. The molecule has 4 nitrogen and oxygen atoms in total. The lowest BCUT2D eigenvalue weighted by atomic mass is 10.0. The number of Topliss-reactive ketones (excluding diaryl/α,β-unsaturated/α-hetero) is 1. The van der Waals surface area contributed by atoms with Crippen molar-refractivity contribution in [3.8, 4) is 0 Å². The average Bonchev–Trinajstić information content (AvgIpc) is 2.86. The summed E-state index contributed by atoms with van der Waals surface area (Å²) in [5.41, 5.74) is 2.15. The van der Waals surface area contributed by atoms with Crippen molar-refractivity contribution in [2.75, 3.05) is 4.90 Å². The van der Waals surface area contributed by atoms with Crippen LogP contribution in [0.2, 0.25) is 0 Å². The highest BCUT2D eigenvalue weighted by atomic mass is 16.2. The molecule has 1 aliphatic rings. The quantitative estimate of drug-likeness (QED) is 0.854. The third kappa shape index (κ3) is 3.22. The average molecular weight is 336 g/mol. The Morgan fingerprint density at radius 1 is 1.04 bits per heavy atom. The van der Waals surface area contributed by atoms with Crippen LogP contribution in [0.5, 0.6) is 0 Å². The standard InChI is InChI=1S/C21H24N2O2/c1-15(24)23-18-13-9-8-12-17(18)19(25)20(23)22(21(2,3)4)14-16-10-6-5-7-11-16/h5-13,20H,14H2,1-4H3/t20-/m1/s1. The number of rotatable bonds is 3. The minimum atomic E-state index is -0.616. The minimum Gasteiger partial charge on any atom is -0.290 e. The van der Waals surface area contributed by atoms with Gasteiger partial charge in [0.15, 0.2) is 6.17 Å². The van der Waals surface area contributed by atoms with Gasteiger partial charge in [0.1, 0.15) is 0 Å². The minimum absolute atomic E-state index is 0.0170. The monoisotopic (exact) mass is 336 g/mol. The largest absolute Gasteiger partial charge is 0.290 e. The normalized spacial score (nSPS) is 17.1. The predicted molar refractivity (Wildman–Crippen MR) is 99.5 cm³/mol. The summed E-state index contributed by atoms with van der Waals surface area (Å²) < 4.78 is 0. The summed E-state index contributed by atoms with van der Waals surface area (Å²) in [5.74, 6) is -0.137. The van der Waals surface area contributed by atoms with E-state index in [9.17, 15) is 9.59 Å². The van der Waals surface area contributed by atoms with Crippen LogP contribution in [0.15, 0.2) is 54.6 Å². The maximum atomic E-state index is 13.2. The molecule has 1 heterocycles. The number of amides is 1. The van der Waals surface area contributed by atoms with Gasteiger partial charge in [0, 0.05) is 24.6 Å². The Bertz CT molecular complexity index is 793. The first-order valence-corrected chi connectivity index (χ1v) is 8.54. The van der Waals surface area contributed by atoms with Crippen molar-refractivity contribution < 1.29 is 9.59 Å². The van der Waals surface area contributed by atoms with E-state index in [1.807, 2.05) is 48.5 Å². The van der Waals surface area contributed by atoms with Gasteiger partial charge >= 0.3 is 0 Å². The zero-order valence-corrected chi connectivity index (χ0v) is 15.2. The summed E-state index contributed by atoms with van der Waals surface area (Å²) in [5, 5.41) is 0. The number of hydrogen-bond donors (Lipinski definition) is 0. The molecule has 0 aromatic heterocycles. The van der Waals surface area contributed by atoms with Gasteiger partial charge in [-0.2, -0.15) is 0 Å². The predicted octanol–water partition coefficient (Wildman–Crippen LogP) is 3.86. The Hall–Kier alpha value is -2.46. The summed E-state index contributed by atoms with van der Waals surface area (Å²) in [4.78, 5) is 29.3. The van der Waals surface area contributed by atoms with Crippen LogP contribution in [-0.4, -0.2) is 28.3 Å². The summed E-state index contributed by atoms with van der Waals surface area (Å²) in [7, 11) is 0. The first-order chi connectivity index (χ1) is 11.8. The van der Waals surface area contributed by atoms with Crippen LogP contribution in [0.1, 0.15) is 43.6 Å². The lowest BCUT2D eigenvalue weighted by Gasteiger charge is -2.42. The second-order valence-corrected chi connectivity index (χ2v) is 7.43. The molecule has 0 radical (unpaired) electrons. The molecule has 2 aromatic carbocycles. The van der Waals surface area contributed by atoms with Crippen LogP contribution < -0.4 is 4.90 Å². The van der Waals surface area contributed by atoms with Crippen LogP contribution in [-0.2, 0) is 11.3 Å². The topological polar surface area (TPSA) is 40.6 Å². The SMILES string of the molecule is CC(=O)N1c2ccccc2C(=O)[C@@H]1N(Cc1ccccc1)C(C)(C)C. The molecule has 0 N–H and O–H groups in total. The van der Waals surface area contributed by atoms with Crippen molar-refractivity contribution in [3.05, 3.63) is 65.7 Å². The molecular formula is C21H24N2O2.